The summed E-state index contributed by atoms with van der Waals surface area (Å²) in [5.41, 5.74) is 0.826. The first kappa shape index (κ1) is 10.3. The van der Waals surface area contributed by atoms with Crippen molar-refractivity contribution < 1.29 is 4.79 Å². The maximum absolute atomic E-state index is 9.86. The Morgan fingerprint density at radius 3 is 2.30 bits per heavy atom. The van der Waals surface area contributed by atoms with Crippen LogP contribution in [-0.4, -0.2) is 57.8 Å². The third kappa shape index (κ3) is 3.48. The number of rotatable bonds is 2. The van der Waals surface area contributed by atoms with Gasteiger partial charge in [0.15, 0.2) is 0 Å². The van der Waals surface area contributed by atoms with Gasteiger partial charge in [-0.05, 0) is 12.1 Å². The fourth-order valence-corrected chi connectivity index (χ4v) is 0.602. The minimum Gasteiger partial charge on any atom is -0.329 e. The molecule has 3 heteroatoms. The molecular formula is C7H7KNO. The van der Waals surface area contributed by atoms with E-state index in [1.807, 2.05) is 30.3 Å². The minimum atomic E-state index is 0. The smallest absolute Gasteiger partial charge is 0.211 e. The zero-order valence-corrected chi connectivity index (χ0v) is 9.00. The summed E-state index contributed by atoms with van der Waals surface area (Å²) < 4.78 is 0. The Morgan fingerprint density at radius 1 is 1.20 bits per heavy atom. The van der Waals surface area contributed by atoms with Crippen LogP contribution in [0, 0.1) is 0 Å². The van der Waals surface area contributed by atoms with E-state index in [0.717, 1.165) is 5.69 Å². The van der Waals surface area contributed by atoms with Crippen LogP contribution in [0.5, 0.6) is 0 Å². The molecule has 1 aromatic rings. The van der Waals surface area contributed by atoms with Crippen molar-refractivity contribution in [3.63, 3.8) is 0 Å². The van der Waals surface area contributed by atoms with Crippen LogP contribution in [0.25, 0.3) is 0 Å². The van der Waals surface area contributed by atoms with E-state index in [0.29, 0.717) is 6.41 Å². The van der Waals surface area contributed by atoms with Gasteiger partial charge in [0.1, 0.15) is 0 Å². The number of carbonyl (C=O) groups excluding carboxylic acids is 1. The fraction of sp³-hybridized carbons (Fsp3) is 0. The zero-order chi connectivity index (χ0) is 6.53. The van der Waals surface area contributed by atoms with Crippen molar-refractivity contribution in [1.29, 1.82) is 0 Å². The molecule has 0 aromatic heterocycles. The molecule has 0 bridgehead atoms. The molecule has 0 fully saturated rings. The summed E-state index contributed by atoms with van der Waals surface area (Å²) >= 11 is 0. The second kappa shape index (κ2) is 6.06. The number of hydrogen-bond donors (Lipinski definition) is 1. The fourth-order valence-electron chi connectivity index (χ4n) is 0.602. The van der Waals surface area contributed by atoms with Gasteiger partial charge in [0, 0.05) is 57.1 Å². The van der Waals surface area contributed by atoms with Gasteiger partial charge in [-0.2, -0.15) is 0 Å². The first-order valence-electron chi connectivity index (χ1n) is 2.69. The van der Waals surface area contributed by atoms with Gasteiger partial charge < -0.3 is 5.32 Å². The van der Waals surface area contributed by atoms with Crippen molar-refractivity contribution in [3.8, 4) is 0 Å². The third-order valence-electron chi connectivity index (χ3n) is 0.999. The Hall–Kier alpha value is 0.326. The average molecular weight is 160 g/mol. The van der Waals surface area contributed by atoms with Crippen LogP contribution in [0.3, 0.4) is 0 Å². The van der Waals surface area contributed by atoms with Crippen LogP contribution in [0.4, 0.5) is 5.69 Å². The van der Waals surface area contributed by atoms with Crippen LogP contribution in [-0.2, 0) is 4.79 Å². The molecule has 1 N–H and O–H groups in total. The quantitative estimate of drug-likeness (QED) is 0.505. The Morgan fingerprint density at radius 2 is 1.80 bits per heavy atom. The molecule has 0 aliphatic heterocycles. The van der Waals surface area contributed by atoms with Crippen molar-refractivity contribution in [2.75, 3.05) is 5.32 Å². The van der Waals surface area contributed by atoms with Gasteiger partial charge in [-0.25, -0.2) is 0 Å². The molecule has 0 aliphatic carbocycles. The van der Waals surface area contributed by atoms with E-state index in [1.54, 1.807) is 0 Å². The monoisotopic (exact) mass is 160 g/mol. The van der Waals surface area contributed by atoms with Gasteiger partial charge >= 0.3 is 0 Å². The first-order valence-corrected chi connectivity index (χ1v) is 2.69. The van der Waals surface area contributed by atoms with E-state index >= 15 is 0 Å². The number of hydrogen-bond acceptors (Lipinski definition) is 1. The van der Waals surface area contributed by atoms with Gasteiger partial charge in [-0.1, -0.05) is 18.2 Å². The van der Waals surface area contributed by atoms with Crippen molar-refractivity contribution in [3.05, 3.63) is 30.3 Å². The second-order valence-corrected chi connectivity index (χ2v) is 1.63. The van der Waals surface area contributed by atoms with Crippen LogP contribution >= 0.6 is 0 Å². The zero-order valence-electron chi connectivity index (χ0n) is 5.87. The van der Waals surface area contributed by atoms with Crippen molar-refractivity contribution in [2.45, 2.75) is 0 Å². The molecule has 0 saturated carbocycles. The minimum absolute atomic E-state index is 0. The molecule has 1 rings (SSSR count). The maximum Gasteiger partial charge on any atom is 0.211 e. The standard InChI is InChI=1S/C7H7NO.K/c9-6-8-7-4-2-1-3-5-7;/h1-6H,(H,8,9);. The van der Waals surface area contributed by atoms with Crippen LogP contribution < -0.4 is 5.32 Å². The number of benzene rings is 1. The summed E-state index contributed by atoms with van der Waals surface area (Å²) in [6.45, 7) is 0. The molecule has 0 atom stereocenters. The molecule has 0 unspecified atom stereocenters. The molecule has 0 aliphatic rings. The summed E-state index contributed by atoms with van der Waals surface area (Å²) in [4.78, 5) is 9.86. The number of amides is 1. The number of para-hydroxylation sites is 1. The molecule has 47 valence electrons. The van der Waals surface area contributed by atoms with E-state index in [2.05, 4.69) is 5.32 Å². The Kier molecular flexibility index (Phi) is 6.26. The Balaban J connectivity index is 0.000000810. The normalized spacial score (nSPS) is 7.60. The Labute approximate surface area is 102 Å². The van der Waals surface area contributed by atoms with E-state index in [-0.39, 0.29) is 51.4 Å². The van der Waals surface area contributed by atoms with Crippen LogP contribution in [0.2, 0.25) is 0 Å². The largest absolute Gasteiger partial charge is 0.329 e. The average Bonchev–Trinajstić information content (AvgIpc) is 1.91. The topological polar surface area (TPSA) is 29.1 Å². The predicted molar refractivity (Wildman–Crippen MR) is 41.9 cm³/mol. The first-order chi connectivity index (χ1) is 4.43. The third-order valence-corrected chi connectivity index (χ3v) is 0.999. The molecule has 0 saturated heterocycles. The molecule has 0 spiro atoms. The van der Waals surface area contributed by atoms with Crippen molar-refractivity contribution in [2.24, 2.45) is 0 Å². The molecule has 10 heavy (non-hydrogen) atoms. The van der Waals surface area contributed by atoms with Gasteiger partial charge in [-0.3, -0.25) is 4.79 Å². The maximum atomic E-state index is 9.86. The molecule has 1 aromatic carbocycles. The van der Waals surface area contributed by atoms with E-state index in [1.165, 1.54) is 0 Å². The van der Waals surface area contributed by atoms with Crippen molar-refractivity contribution in [1.82, 2.24) is 0 Å². The van der Waals surface area contributed by atoms with Crippen molar-refractivity contribution >= 4 is 63.5 Å². The summed E-state index contributed by atoms with van der Waals surface area (Å²) in [6, 6.07) is 9.29. The van der Waals surface area contributed by atoms with Gasteiger partial charge in [0.2, 0.25) is 6.41 Å². The summed E-state index contributed by atoms with van der Waals surface area (Å²) in [5, 5.41) is 2.53. The van der Waals surface area contributed by atoms with Gasteiger partial charge in [0.25, 0.3) is 0 Å². The number of carbonyl (C=O) groups is 1. The van der Waals surface area contributed by atoms with E-state index in [9.17, 15) is 4.79 Å². The molecular weight excluding hydrogens is 153 g/mol. The molecule has 2 nitrogen and oxygen atoms in total. The summed E-state index contributed by atoms with van der Waals surface area (Å²) in [7, 11) is 0. The molecule has 1 amide bonds. The number of nitrogens with one attached hydrogen (secondary N) is 1. The van der Waals surface area contributed by atoms with Crippen LogP contribution in [0.1, 0.15) is 0 Å². The second-order valence-electron chi connectivity index (χ2n) is 1.63. The predicted octanol–water partition coefficient (Wildman–Crippen LogP) is 0.874. The SMILES string of the molecule is O=CNc1ccccc1.[K]. The summed E-state index contributed by atoms with van der Waals surface area (Å²) in [5.74, 6) is 0. The Bertz CT molecular complexity index is 188. The molecule has 1 radical (unpaired) electrons. The van der Waals surface area contributed by atoms with Crippen LogP contribution in [0.15, 0.2) is 30.3 Å². The molecule has 0 heterocycles. The van der Waals surface area contributed by atoms with Gasteiger partial charge in [-0.15, -0.1) is 0 Å². The van der Waals surface area contributed by atoms with E-state index in [4.69, 9.17) is 0 Å². The number of anilines is 1. The van der Waals surface area contributed by atoms with Gasteiger partial charge in [0.05, 0.1) is 0 Å². The van der Waals surface area contributed by atoms with E-state index < -0.39 is 0 Å². The summed E-state index contributed by atoms with van der Waals surface area (Å²) in [6.07, 6.45) is 0.662.